The van der Waals surface area contributed by atoms with E-state index in [1.807, 2.05) is 0 Å². The largest absolute Gasteiger partial charge is 0.352 e. The van der Waals surface area contributed by atoms with Crippen LogP contribution in [-0.2, 0) is 4.79 Å². The van der Waals surface area contributed by atoms with E-state index in [2.05, 4.69) is 17.6 Å². The minimum absolute atomic E-state index is 0.183. The summed E-state index contributed by atoms with van der Waals surface area (Å²) < 4.78 is 0. The molecule has 2 saturated carbocycles. The lowest BCUT2D eigenvalue weighted by Crippen LogP contribution is -2.44. The van der Waals surface area contributed by atoms with E-state index in [4.69, 9.17) is 0 Å². The van der Waals surface area contributed by atoms with Gasteiger partial charge in [-0.1, -0.05) is 26.2 Å². The Morgan fingerprint density at radius 2 is 1.94 bits per heavy atom. The fourth-order valence-corrected chi connectivity index (χ4v) is 3.12. The molecule has 0 aromatic heterocycles. The van der Waals surface area contributed by atoms with Crippen LogP contribution in [0.2, 0.25) is 0 Å². The molecule has 0 atom stereocenters. The molecule has 0 unspecified atom stereocenters. The van der Waals surface area contributed by atoms with Crippen LogP contribution in [0.25, 0.3) is 0 Å². The van der Waals surface area contributed by atoms with Crippen LogP contribution < -0.4 is 10.6 Å². The number of amides is 1. The molecule has 0 saturated heterocycles. The Labute approximate surface area is 105 Å². The Hall–Kier alpha value is -0.570. The maximum Gasteiger partial charge on any atom is 0.234 e. The van der Waals surface area contributed by atoms with Gasteiger partial charge >= 0.3 is 0 Å². The molecule has 3 nitrogen and oxygen atoms in total. The van der Waals surface area contributed by atoms with Gasteiger partial charge in [0.15, 0.2) is 0 Å². The van der Waals surface area contributed by atoms with Gasteiger partial charge in [-0.3, -0.25) is 4.79 Å². The van der Waals surface area contributed by atoms with Gasteiger partial charge in [-0.15, -0.1) is 0 Å². The molecule has 17 heavy (non-hydrogen) atoms. The summed E-state index contributed by atoms with van der Waals surface area (Å²) in [6, 6.07) is 0.452. The summed E-state index contributed by atoms with van der Waals surface area (Å²) in [5, 5.41) is 6.46. The average Bonchev–Trinajstić information content (AvgIpc) is 2.75. The van der Waals surface area contributed by atoms with Crippen LogP contribution in [0.1, 0.15) is 58.3 Å². The zero-order valence-corrected chi connectivity index (χ0v) is 11.1. The van der Waals surface area contributed by atoms with Crippen LogP contribution in [0.15, 0.2) is 0 Å². The lowest BCUT2D eigenvalue weighted by molar-refractivity contribution is -0.121. The van der Waals surface area contributed by atoms with Crippen LogP contribution in [-0.4, -0.2) is 25.0 Å². The average molecular weight is 238 g/mol. The van der Waals surface area contributed by atoms with Crippen LogP contribution in [0, 0.1) is 5.41 Å². The molecule has 98 valence electrons. The predicted octanol–water partition coefficient (Wildman–Crippen LogP) is 2.22. The van der Waals surface area contributed by atoms with Crippen LogP contribution in [0.4, 0.5) is 0 Å². The van der Waals surface area contributed by atoms with Crippen molar-refractivity contribution in [2.24, 2.45) is 5.41 Å². The maximum absolute atomic E-state index is 11.7. The highest BCUT2D eigenvalue weighted by molar-refractivity contribution is 5.78. The van der Waals surface area contributed by atoms with Crippen molar-refractivity contribution < 1.29 is 4.79 Å². The second-order valence-electron chi connectivity index (χ2n) is 5.86. The zero-order valence-electron chi connectivity index (χ0n) is 11.1. The smallest absolute Gasteiger partial charge is 0.234 e. The van der Waals surface area contributed by atoms with E-state index in [1.165, 1.54) is 51.4 Å². The molecule has 0 aliphatic heterocycles. The van der Waals surface area contributed by atoms with Crippen molar-refractivity contribution in [3.8, 4) is 0 Å². The highest BCUT2D eigenvalue weighted by Crippen LogP contribution is 2.42. The number of rotatable bonds is 6. The third kappa shape index (κ3) is 3.44. The Morgan fingerprint density at radius 1 is 1.24 bits per heavy atom. The van der Waals surface area contributed by atoms with E-state index in [9.17, 15) is 4.79 Å². The summed E-state index contributed by atoms with van der Waals surface area (Å²) in [4.78, 5) is 11.7. The highest BCUT2D eigenvalue weighted by Gasteiger charge is 2.34. The quantitative estimate of drug-likeness (QED) is 0.745. The Kier molecular flexibility index (Phi) is 4.43. The van der Waals surface area contributed by atoms with E-state index in [0.717, 1.165) is 6.54 Å². The molecule has 2 N–H and O–H groups in total. The van der Waals surface area contributed by atoms with E-state index < -0.39 is 0 Å². The fraction of sp³-hybridized carbons (Fsp3) is 0.929. The summed E-state index contributed by atoms with van der Waals surface area (Å²) >= 11 is 0. The molecule has 1 amide bonds. The second-order valence-corrected chi connectivity index (χ2v) is 5.86. The fourth-order valence-electron chi connectivity index (χ4n) is 3.12. The highest BCUT2D eigenvalue weighted by atomic mass is 16.1. The first-order chi connectivity index (χ1) is 8.24. The predicted molar refractivity (Wildman–Crippen MR) is 69.8 cm³/mol. The first kappa shape index (κ1) is 12.9. The van der Waals surface area contributed by atoms with Crippen molar-refractivity contribution in [1.29, 1.82) is 0 Å². The monoisotopic (exact) mass is 238 g/mol. The molecular formula is C14H26N2O. The maximum atomic E-state index is 11.7. The summed E-state index contributed by atoms with van der Waals surface area (Å²) in [6.45, 7) is 3.78. The molecule has 2 rings (SSSR count). The molecule has 0 radical (unpaired) electrons. The van der Waals surface area contributed by atoms with Gasteiger partial charge in [0.2, 0.25) is 5.91 Å². The van der Waals surface area contributed by atoms with Gasteiger partial charge in [-0.25, -0.2) is 0 Å². The molecule has 2 fully saturated rings. The molecule has 3 heteroatoms. The molecule has 0 bridgehead atoms. The third-order valence-corrected chi connectivity index (χ3v) is 4.67. The summed E-state index contributed by atoms with van der Waals surface area (Å²) in [6.07, 6.45) is 10.2. The van der Waals surface area contributed by atoms with Crippen LogP contribution >= 0.6 is 0 Å². The Bertz CT molecular complexity index is 249. The standard InChI is InChI=1S/C14H26N2O/c1-2-14(8-5-9-14)11-15-10-13(17)16-12-6-3-4-7-12/h12,15H,2-11H2,1H3,(H,16,17). The molecular weight excluding hydrogens is 212 g/mol. The van der Waals surface area contributed by atoms with Crippen molar-refractivity contribution in [2.45, 2.75) is 64.3 Å². The number of hydrogen-bond acceptors (Lipinski definition) is 2. The van der Waals surface area contributed by atoms with E-state index in [1.54, 1.807) is 0 Å². The van der Waals surface area contributed by atoms with Gasteiger partial charge < -0.3 is 10.6 Å². The lowest BCUT2D eigenvalue weighted by Gasteiger charge is -2.41. The molecule has 0 spiro atoms. The van der Waals surface area contributed by atoms with E-state index in [-0.39, 0.29) is 5.91 Å². The summed E-state index contributed by atoms with van der Waals surface area (Å²) in [5.41, 5.74) is 0.508. The lowest BCUT2D eigenvalue weighted by atomic mass is 9.67. The topological polar surface area (TPSA) is 41.1 Å². The van der Waals surface area contributed by atoms with Crippen molar-refractivity contribution in [3.63, 3.8) is 0 Å². The number of carbonyl (C=O) groups excluding carboxylic acids is 1. The first-order valence-corrected chi connectivity index (χ1v) is 7.24. The van der Waals surface area contributed by atoms with Gasteiger partial charge in [0.25, 0.3) is 0 Å². The molecule has 0 heterocycles. The van der Waals surface area contributed by atoms with Gasteiger partial charge in [0, 0.05) is 12.6 Å². The SMILES string of the molecule is CCC1(CNCC(=O)NC2CCCC2)CCC1. The van der Waals surface area contributed by atoms with Gasteiger partial charge in [0.1, 0.15) is 0 Å². The van der Waals surface area contributed by atoms with Gasteiger partial charge in [-0.2, -0.15) is 0 Å². The minimum Gasteiger partial charge on any atom is -0.352 e. The van der Waals surface area contributed by atoms with Gasteiger partial charge in [-0.05, 0) is 37.5 Å². The summed E-state index contributed by atoms with van der Waals surface area (Å²) in [5.74, 6) is 0.183. The molecule has 2 aliphatic carbocycles. The number of carbonyl (C=O) groups is 1. The molecule has 0 aromatic rings. The van der Waals surface area contributed by atoms with Crippen LogP contribution in [0.3, 0.4) is 0 Å². The second kappa shape index (κ2) is 5.85. The summed E-state index contributed by atoms with van der Waals surface area (Å²) in [7, 11) is 0. The third-order valence-electron chi connectivity index (χ3n) is 4.67. The van der Waals surface area contributed by atoms with Crippen molar-refractivity contribution in [1.82, 2.24) is 10.6 Å². The minimum atomic E-state index is 0.183. The van der Waals surface area contributed by atoms with Gasteiger partial charge in [0.05, 0.1) is 6.54 Å². The van der Waals surface area contributed by atoms with Crippen molar-refractivity contribution in [2.75, 3.05) is 13.1 Å². The van der Waals surface area contributed by atoms with E-state index in [0.29, 0.717) is 18.0 Å². The molecule has 0 aromatic carbocycles. The number of hydrogen-bond donors (Lipinski definition) is 2. The van der Waals surface area contributed by atoms with Crippen molar-refractivity contribution >= 4 is 5.91 Å². The Morgan fingerprint density at radius 3 is 2.47 bits per heavy atom. The normalized spacial score (nSPS) is 23.4. The Balaban J connectivity index is 1.59. The van der Waals surface area contributed by atoms with E-state index >= 15 is 0 Å². The zero-order chi connectivity index (χ0) is 12.1. The molecule has 2 aliphatic rings. The van der Waals surface area contributed by atoms with Crippen molar-refractivity contribution in [3.05, 3.63) is 0 Å². The number of nitrogens with one attached hydrogen (secondary N) is 2. The van der Waals surface area contributed by atoms with Crippen LogP contribution in [0.5, 0.6) is 0 Å². The first-order valence-electron chi connectivity index (χ1n) is 7.24.